The first-order valence-electron chi connectivity index (χ1n) is 7.03. The van der Waals surface area contributed by atoms with E-state index in [1.54, 1.807) is 0 Å². The van der Waals surface area contributed by atoms with Crippen molar-refractivity contribution in [2.45, 2.75) is 39.8 Å². The van der Waals surface area contributed by atoms with Crippen LogP contribution in [-0.2, 0) is 6.54 Å². The summed E-state index contributed by atoms with van der Waals surface area (Å²) in [6, 6.07) is 5.91. The average molecular weight is 273 g/mol. The lowest BCUT2D eigenvalue weighted by molar-refractivity contribution is 0.0609. The lowest BCUT2D eigenvalue weighted by atomic mass is 10.0. The Kier molecular flexibility index (Phi) is 3.26. The molecule has 0 fully saturated rings. The van der Waals surface area contributed by atoms with Crippen molar-refractivity contribution in [3.8, 4) is 5.75 Å². The molecule has 3 rings (SSSR count). The van der Waals surface area contributed by atoms with Crippen molar-refractivity contribution in [1.82, 2.24) is 4.90 Å². The van der Waals surface area contributed by atoms with Crippen LogP contribution < -0.4 is 10.4 Å². The van der Waals surface area contributed by atoms with Crippen LogP contribution in [0.3, 0.4) is 0 Å². The summed E-state index contributed by atoms with van der Waals surface area (Å²) in [5, 5.41) is 0.984. The Morgan fingerprint density at radius 3 is 2.95 bits per heavy atom. The highest BCUT2D eigenvalue weighted by atomic mass is 16.5. The van der Waals surface area contributed by atoms with Gasteiger partial charge in [-0.25, -0.2) is 4.79 Å². The molecule has 20 heavy (non-hydrogen) atoms. The Morgan fingerprint density at radius 1 is 1.40 bits per heavy atom. The molecule has 1 atom stereocenters. The number of benzene rings is 1. The van der Waals surface area contributed by atoms with E-state index in [1.165, 1.54) is 6.07 Å². The molecular weight excluding hydrogens is 254 g/mol. The third kappa shape index (κ3) is 2.10. The van der Waals surface area contributed by atoms with Gasteiger partial charge in [-0.3, -0.25) is 4.90 Å². The van der Waals surface area contributed by atoms with Gasteiger partial charge in [0.15, 0.2) is 0 Å². The number of nitrogens with zero attached hydrogens (tertiary/aromatic N) is 1. The fraction of sp³-hybridized carbons (Fsp3) is 0.438. The van der Waals surface area contributed by atoms with Crippen molar-refractivity contribution < 1.29 is 9.15 Å². The van der Waals surface area contributed by atoms with Gasteiger partial charge in [0.1, 0.15) is 18.1 Å². The number of fused-ring (bicyclic) bond motifs is 3. The van der Waals surface area contributed by atoms with Gasteiger partial charge in [0.05, 0.1) is 5.56 Å². The molecule has 0 radical (unpaired) electrons. The van der Waals surface area contributed by atoms with E-state index in [0.29, 0.717) is 18.4 Å². The number of aryl methyl sites for hydroxylation is 1. The second-order valence-corrected chi connectivity index (χ2v) is 5.44. The van der Waals surface area contributed by atoms with E-state index in [0.717, 1.165) is 35.2 Å². The molecule has 2 heterocycles. The predicted molar refractivity (Wildman–Crippen MR) is 78.0 cm³/mol. The van der Waals surface area contributed by atoms with E-state index in [9.17, 15) is 4.79 Å². The molecule has 0 saturated heterocycles. The molecule has 0 saturated carbocycles. The molecule has 106 valence electrons. The SMILES string of the molecule is CCC(C)N1COc2ccc3c(C)cc(=O)oc3c2C1. The molecule has 4 heteroatoms. The fourth-order valence-corrected chi connectivity index (χ4v) is 2.65. The van der Waals surface area contributed by atoms with E-state index in [1.807, 2.05) is 19.1 Å². The zero-order valence-electron chi connectivity index (χ0n) is 12.1. The van der Waals surface area contributed by atoms with E-state index in [2.05, 4.69) is 18.7 Å². The Balaban J connectivity index is 2.15. The topological polar surface area (TPSA) is 42.7 Å². The third-order valence-corrected chi connectivity index (χ3v) is 4.14. The van der Waals surface area contributed by atoms with Crippen LogP contribution >= 0.6 is 0 Å². The molecule has 1 unspecified atom stereocenters. The molecule has 1 aliphatic rings. The second kappa shape index (κ2) is 4.94. The lowest BCUT2D eigenvalue weighted by Gasteiger charge is -2.33. The summed E-state index contributed by atoms with van der Waals surface area (Å²) in [5.74, 6) is 0.825. The van der Waals surface area contributed by atoms with Gasteiger partial charge in [-0.2, -0.15) is 0 Å². The van der Waals surface area contributed by atoms with Gasteiger partial charge >= 0.3 is 5.63 Å². The van der Waals surface area contributed by atoms with Crippen molar-refractivity contribution in [2.75, 3.05) is 6.73 Å². The van der Waals surface area contributed by atoms with Crippen molar-refractivity contribution in [1.29, 1.82) is 0 Å². The van der Waals surface area contributed by atoms with Crippen LogP contribution in [0.25, 0.3) is 11.0 Å². The van der Waals surface area contributed by atoms with Gasteiger partial charge in [-0.15, -0.1) is 0 Å². The zero-order chi connectivity index (χ0) is 14.3. The highest BCUT2D eigenvalue weighted by Gasteiger charge is 2.24. The first-order chi connectivity index (χ1) is 9.60. The first kappa shape index (κ1) is 13.2. The normalized spacial score (nSPS) is 16.8. The van der Waals surface area contributed by atoms with E-state index >= 15 is 0 Å². The molecule has 0 N–H and O–H groups in total. The zero-order valence-corrected chi connectivity index (χ0v) is 12.1. The Labute approximate surface area is 118 Å². The standard InChI is InChI=1S/C16H19NO3/c1-4-11(3)17-8-13-14(19-9-17)6-5-12-10(2)7-15(18)20-16(12)13/h5-7,11H,4,8-9H2,1-3H3. The summed E-state index contributed by atoms with van der Waals surface area (Å²) in [6.07, 6.45) is 1.06. The number of hydrogen-bond acceptors (Lipinski definition) is 4. The summed E-state index contributed by atoms with van der Waals surface area (Å²) in [6.45, 7) is 7.62. The molecule has 4 nitrogen and oxygen atoms in total. The smallest absolute Gasteiger partial charge is 0.336 e. The average Bonchev–Trinajstić information content (AvgIpc) is 2.45. The number of hydrogen-bond donors (Lipinski definition) is 0. The van der Waals surface area contributed by atoms with Crippen molar-refractivity contribution in [3.63, 3.8) is 0 Å². The van der Waals surface area contributed by atoms with Crippen LogP contribution in [0, 0.1) is 6.92 Å². The monoisotopic (exact) mass is 273 g/mol. The summed E-state index contributed by atoms with van der Waals surface area (Å²) < 4.78 is 11.3. The van der Waals surface area contributed by atoms with E-state index in [-0.39, 0.29) is 5.63 Å². The van der Waals surface area contributed by atoms with Crippen LogP contribution in [0.5, 0.6) is 5.75 Å². The summed E-state index contributed by atoms with van der Waals surface area (Å²) in [4.78, 5) is 13.9. The first-order valence-corrected chi connectivity index (χ1v) is 7.03. The molecule has 0 amide bonds. The number of ether oxygens (including phenoxy) is 1. The van der Waals surface area contributed by atoms with Gasteiger partial charge in [0, 0.05) is 24.0 Å². The maximum Gasteiger partial charge on any atom is 0.336 e. The van der Waals surface area contributed by atoms with Gasteiger partial charge < -0.3 is 9.15 Å². The minimum Gasteiger partial charge on any atom is -0.478 e. The fourth-order valence-electron chi connectivity index (χ4n) is 2.65. The van der Waals surface area contributed by atoms with Crippen LogP contribution in [0.4, 0.5) is 0 Å². The molecule has 0 aliphatic carbocycles. The number of rotatable bonds is 2. The van der Waals surface area contributed by atoms with E-state index in [4.69, 9.17) is 9.15 Å². The van der Waals surface area contributed by atoms with Crippen LogP contribution in [0.15, 0.2) is 27.4 Å². The van der Waals surface area contributed by atoms with Crippen molar-refractivity contribution >= 4 is 11.0 Å². The van der Waals surface area contributed by atoms with Gasteiger partial charge in [0.2, 0.25) is 0 Å². The van der Waals surface area contributed by atoms with Gasteiger partial charge in [-0.1, -0.05) is 6.92 Å². The predicted octanol–water partition coefficient (Wildman–Crippen LogP) is 3.05. The quantitative estimate of drug-likeness (QED) is 0.789. The third-order valence-electron chi connectivity index (χ3n) is 4.14. The van der Waals surface area contributed by atoms with Crippen molar-refractivity contribution in [3.05, 3.63) is 39.7 Å². The van der Waals surface area contributed by atoms with Crippen LogP contribution in [-0.4, -0.2) is 17.7 Å². The molecule has 1 aliphatic heterocycles. The van der Waals surface area contributed by atoms with E-state index < -0.39 is 0 Å². The van der Waals surface area contributed by atoms with Crippen LogP contribution in [0.2, 0.25) is 0 Å². The second-order valence-electron chi connectivity index (χ2n) is 5.44. The lowest BCUT2D eigenvalue weighted by Crippen LogP contribution is -2.38. The summed E-state index contributed by atoms with van der Waals surface area (Å²) in [7, 11) is 0. The highest BCUT2D eigenvalue weighted by molar-refractivity contribution is 5.85. The Bertz CT molecular complexity index is 705. The van der Waals surface area contributed by atoms with Gasteiger partial charge in [0.25, 0.3) is 0 Å². The molecule has 0 bridgehead atoms. The summed E-state index contributed by atoms with van der Waals surface area (Å²) >= 11 is 0. The Hall–Kier alpha value is -1.81. The molecule has 0 spiro atoms. The molecule has 2 aromatic rings. The largest absolute Gasteiger partial charge is 0.478 e. The minimum absolute atomic E-state index is 0.302. The Morgan fingerprint density at radius 2 is 2.20 bits per heavy atom. The maximum absolute atomic E-state index is 11.6. The highest BCUT2D eigenvalue weighted by Crippen LogP contribution is 2.33. The molecule has 1 aromatic heterocycles. The van der Waals surface area contributed by atoms with Crippen molar-refractivity contribution in [2.24, 2.45) is 0 Å². The summed E-state index contributed by atoms with van der Waals surface area (Å²) in [5.41, 5.74) is 2.29. The molecular formula is C16H19NO3. The maximum atomic E-state index is 11.6. The van der Waals surface area contributed by atoms with Crippen LogP contribution in [0.1, 0.15) is 31.4 Å². The van der Waals surface area contributed by atoms with Gasteiger partial charge in [-0.05, 0) is 38.0 Å². The molecule has 1 aromatic carbocycles. The minimum atomic E-state index is -0.302.